The normalized spacial score (nSPS) is 11.9. The molecule has 106 valence electrons. The maximum absolute atomic E-state index is 11.9. The monoisotopic (exact) mass is 354 g/mol. The summed E-state index contributed by atoms with van der Waals surface area (Å²) in [7, 11) is 0. The third kappa shape index (κ3) is 3.77. The van der Waals surface area contributed by atoms with Crippen molar-refractivity contribution < 1.29 is 4.79 Å². The molecule has 2 aromatic heterocycles. The SMILES string of the molecule is CCc1nc([C@@H](C)NC(=O)Nc2ccncc2Br)cs1. The van der Waals surface area contributed by atoms with E-state index in [4.69, 9.17) is 0 Å². The lowest BCUT2D eigenvalue weighted by molar-refractivity contribution is 0.249. The number of anilines is 1. The Labute approximate surface area is 130 Å². The van der Waals surface area contributed by atoms with Crippen LogP contribution in [0.1, 0.15) is 30.6 Å². The molecule has 2 rings (SSSR count). The van der Waals surface area contributed by atoms with E-state index in [1.165, 1.54) is 0 Å². The first-order valence-corrected chi connectivity index (χ1v) is 7.88. The van der Waals surface area contributed by atoms with Crippen LogP contribution in [0.2, 0.25) is 0 Å². The van der Waals surface area contributed by atoms with Gasteiger partial charge < -0.3 is 10.6 Å². The molecule has 5 nitrogen and oxygen atoms in total. The maximum atomic E-state index is 11.9. The van der Waals surface area contributed by atoms with Crippen LogP contribution in [0.15, 0.2) is 28.3 Å². The first kappa shape index (κ1) is 14.9. The number of aromatic nitrogens is 2. The van der Waals surface area contributed by atoms with Crippen molar-refractivity contribution in [2.24, 2.45) is 0 Å². The first-order chi connectivity index (χ1) is 9.60. The van der Waals surface area contributed by atoms with Gasteiger partial charge in [0, 0.05) is 17.8 Å². The summed E-state index contributed by atoms with van der Waals surface area (Å²) in [5.74, 6) is 0. The number of amides is 2. The van der Waals surface area contributed by atoms with Crippen LogP contribution in [-0.2, 0) is 6.42 Å². The largest absolute Gasteiger partial charge is 0.330 e. The molecule has 20 heavy (non-hydrogen) atoms. The van der Waals surface area contributed by atoms with Crippen LogP contribution in [0.3, 0.4) is 0 Å². The molecule has 0 bridgehead atoms. The molecule has 0 aliphatic carbocycles. The first-order valence-electron chi connectivity index (χ1n) is 6.21. The highest BCUT2D eigenvalue weighted by molar-refractivity contribution is 9.10. The molecule has 1 atom stereocenters. The lowest BCUT2D eigenvalue weighted by Gasteiger charge is -2.13. The number of carbonyl (C=O) groups excluding carboxylic acids is 1. The molecule has 0 saturated heterocycles. The molecular weight excluding hydrogens is 340 g/mol. The quantitative estimate of drug-likeness (QED) is 0.878. The molecule has 2 amide bonds. The van der Waals surface area contributed by atoms with Gasteiger partial charge in [0.1, 0.15) is 0 Å². The maximum Gasteiger partial charge on any atom is 0.319 e. The van der Waals surface area contributed by atoms with E-state index in [1.54, 1.807) is 29.8 Å². The minimum atomic E-state index is -0.268. The highest BCUT2D eigenvalue weighted by Gasteiger charge is 2.13. The molecule has 0 saturated carbocycles. The zero-order valence-corrected chi connectivity index (χ0v) is 13.6. The van der Waals surface area contributed by atoms with E-state index in [-0.39, 0.29) is 12.1 Å². The Morgan fingerprint density at radius 1 is 1.55 bits per heavy atom. The second kappa shape index (κ2) is 6.81. The van der Waals surface area contributed by atoms with Crippen molar-refractivity contribution in [3.05, 3.63) is 39.0 Å². The number of hydrogen-bond donors (Lipinski definition) is 2. The van der Waals surface area contributed by atoms with Gasteiger partial charge in [-0.05, 0) is 35.3 Å². The molecule has 0 aromatic carbocycles. The Balaban J connectivity index is 1.96. The molecular formula is C13H15BrN4OS. The van der Waals surface area contributed by atoms with E-state index < -0.39 is 0 Å². The number of nitrogens with zero attached hydrogens (tertiary/aromatic N) is 2. The summed E-state index contributed by atoms with van der Waals surface area (Å²) in [5.41, 5.74) is 1.56. The number of rotatable bonds is 4. The van der Waals surface area contributed by atoms with Crippen molar-refractivity contribution in [1.29, 1.82) is 0 Å². The minimum absolute atomic E-state index is 0.132. The molecule has 0 fully saturated rings. The summed E-state index contributed by atoms with van der Waals surface area (Å²) in [4.78, 5) is 20.3. The zero-order chi connectivity index (χ0) is 14.5. The number of carbonyl (C=O) groups is 1. The Bertz CT molecular complexity index is 602. The minimum Gasteiger partial charge on any atom is -0.330 e. The number of pyridine rings is 1. The summed E-state index contributed by atoms with van der Waals surface area (Å²) in [6, 6.07) is 1.33. The average molecular weight is 355 g/mol. The topological polar surface area (TPSA) is 66.9 Å². The molecule has 0 radical (unpaired) electrons. The highest BCUT2D eigenvalue weighted by atomic mass is 79.9. The molecule has 0 aliphatic heterocycles. The Kier molecular flexibility index (Phi) is 5.08. The van der Waals surface area contributed by atoms with E-state index in [1.807, 2.05) is 12.3 Å². The molecule has 2 heterocycles. The van der Waals surface area contributed by atoms with Crippen LogP contribution in [0.5, 0.6) is 0 Å². The van der Waals surface area contributed by atoms with Gasteiger partial charge >= 0.3 is 6.03 Å². The number of nitrogens with one attached hydrogen (secondary N) is 2. The second-order valence-electron chi connectivity index (χ2n) is 4.20. The second-order valence-corrected chi connectivity index (χ2v) is 5.99. The van der Waals surface area contributed by atoms with E-state index in [2.05, 4.69) is 43.5 Å². The van der Waals surface area contributed by atoms with Crippen molar-refractivity contribution in [3.63, 3.8) is 0 Å². The molecule has 0 unspecified atom stereocenters. The van der Waals surface area contributed by atoms with Crippen molar-refractivity contribution >= 4 is 39.0 Å². The molecule has 0 aliphatic rings. The highest BCUT2D eigenvalue weighted by Crippen LogP contribution is 2.20. The van der Waals surface area contributed by atoms with Crippen LogP contribution < -0.4 is 10.6 Å². The summed E-state index contributed by atoms with van der Waals surface area (Å²) in [5, 5.41) is 8.69. The van der Waals surface area contributed by atoms with Gasteiger partial charge in [0.15, 0.2) is 0 Å². The fourth-order valence-corrected chi connectivity index (χ4v) is 2.78. The van der Waals surface area contributed by atoms with Gasteiger partial charge in [-0.2, -0.15) is 0 Å². The average Bonchev–Trinajstić information content (AvgIpc) is 2.90. The van der Waals surface area contributed by atoms with Crippen LogP contribution in [0.4, 0.5) is 10.5 Å². The summed E-state index contributed by atoms with van der Waals surface area (Å²) in [6.07, 6.45) is 4.16. The van der Waals surface area contributed by atoms with Crippen molar-refractivity contribution in [2.75, 3.05) is 5.32 Å². The standard InChI is InChI=1S/C13H15BrN4OS/c1-3-12-17-11(7-20-12)8(2)16-13(19)18-10-4-5-15-6-9(10)14/h4-8H,3H2,1-2H3,(H2,15,16,18,19)/t8-/m1/s1. The van der Waals surface area contributed by atoms with E-state index in [0.29, 0.717) is 5.69 Å². The number of halogens is 1. The van der Waals surface area contributed by atoms with Crippen LogP contribution >= 0.6 is 27.3 Å². The zero-order valence-electron chi connectivity index (χ0n) is 11.2. The predicted octanol–water partition coefficient (Wildman–Crippen LogP) is 3.75. The molecule has 7 heteroatoms. The summed E-state index contributed by atoms with van der Waals surface area (Å²) < 4.78 is 0.740. The molecule has 2 aromatic rings. The van der Waals surface area contributed by atoms with Gasteiger partial charge in [-0.15, -0.1) is 11.3 Å². The number of aryl methyl sites for hydroxylation is 1. The van der Waals surface area contributed by atoms with Gasteiger partial charge in [0.2, 0.25) is 0 Å². The van der Waals surface area contributed by atoms with Crippen LogP contribution in [0, 0.1) is 0 Å². The number of urea groups is 1. The van der Waals surface area contributed by atoms with E-state index in [0.717, 1.165) is 21.6 Å². The van der Waals surface area contributed by atoms with E-state index in [9.17, 15) is 4.79 Å². The van der Waals surface area contributed by atoms with Gasteiger partial charge in [-0.3, -0.25) is 4.98 Å². The fourth-order valence-electron chi connectivity index (χ4n) is 1.59. The van der Waals surface area contributed by atoms with E-state index >= 15 is 0 Å². The van der Waals surface area contributed by atoms with Crippen molar-refractivity contribution in [3.8, 4) is 0 Å². The Morgan fingerprint density at radius 2 is 2.35 bits per heavy atom. The van der Waals surface area contributed by atoms with Gasteiger partial charge in [-0.25, -0.2) is 9.78 Å². The Morgan fingerprint density at radius 3 is 3.00 bits per heavy atom. The smallest absolute Gasteiger partial charge is 0.319 e. The van der Waals surface area contributed by atoms with Crippen LogP contribution in [0.25, 0.3) is 0 Å². The van der Waals surface area contributed by atoms with Gasteiger partial charge in [-0.1, -0.05) is 6.92 Å². The summed E-state index contributed by atoms with van der Waals surface area (Å²) in [6.45, 7) is 3.98. The van der Waals surface area contributed by atoms with Gasteiger partial charge in [0.25, 0.3) is 0 Å². The number of thiazole rings is 1. The number of hydrogen-bond acceptors (Lipinski definition) is 4. The lowest BCUT2D eigenvalue weighted by atomic mass is 10.2. The lowest BCUT2D eigenvalue weighted by Crippen LogP contribution is -2.31. The summed E-state index contributed by atoms with van der Waals surface area (Å²) >= 11 is 4.95. The third-order valence-electron chi connectivity index (χ3n) is 2.68. The molecule has 2 N–H and O–H groups in total. The van der Waals surface area contributed by atoms with Gasteiger partial charge in [0.05, 0.1) is 26.9 Å². The molecule has 0 spiro atoms. The van der Waals surface area contributed by atoms with Crippen molar-refractivity contribution in [2.45, 2.75) is 26.3 Å². The Hall–Kier alpha value is -1.47. The van der Waals surface area contributed by atoms with Crippen LogP contribution in [-0.4, -0.2) is 16.0 Å². The fraction of sp³-hybridized carbons (Fsp3) is 0.308. The van der Waals surface area contributed by atoms with Crippen molar-refractivity contribution in [1.82, 2.24) is 15.3 Å². The third-order valence-corrected chi connectivity index (χ3v) is 4.33. The predicted molar refractivity (Wildman–Crippen MR) is 84.0 cm³/mol.